The maximum absolute atomic E-state index is 11.8. The molecule has 0 bridgehead atoms. The molecule has 7 heteroatoms. The van der Waals surface area contributed by atoms with Crippen LogP contribution in [0.5, 0.6) is 0 Å². The van der Waals surface area contributed by atoms with E-state index < -0.39 is 11.4 Å². The van der Waals surface area contributed by atoms with Crippen LogP contribution in [0, 0.1) is 11.3 Å². The molecule has 2 aliphatic rings. The molecule has 0 aromatic rings. The number of carbonyl (C=O) groups excluding carboxylic acids is 2. The van der Waals surface area contributed by atoms with Crippen LogP contribution in [0.1, 0.15) is 38.5 Å². The largest absolute Gasteiger partial charge is 0.481 e. The zero-order valence-corrected chi connectivity index (χ0v) is 12.7. The number of carbonyl (C=O) groups is 3. The maximum atomic E-state index is 11.8. The summed E-state index contributed by atoms with van der Waals surface area (Å²) < 4.78 is 5.19. The molecule has 7 nitrogen and oxygen atoms in total. The fraction of sp³-hybridized carbons (Fsp3) is 0.800. The summed E-state index contributed by atoms with van der Waals surface area (Å²) in [4.78, 5) is 34.6. The molecule has 2 rings (SSSR count). The fourth-order valence-electron chi connectivity index (χ4n) is 2.53. The van der Waals surface area contributed by atoms with E-state index in [0.717, 1.165) is 12.8 Å². The molecule has 1 aliphatic carbocycles. The molecule has 0 radical (unpaired) electrons. The zero-order chi connectivity index (χ0) is 16.0. The number of nitrogens with one attached hydrogen (secondary N) is 2. The van der Waals surface area contributed by atoms with Crippen LogP contribution in [-0.4, -0.2) is 49.2 Å². The minimum Gasteiger partial charge on any atom is -0.481 e. The number of hydrogen-bond donors (Lipinski definition) is 3. The first kappa shape index (κ1) is 16.7. The average molecular weight is 312 g/mol. The summed E-state index contributed by atoms with van der Waals surface area (Å²) in [6, 6.07) is 0. The molecule has 0 unspecified atom stereocenters. The van der Waals surface area contributed by atoms with Crippen LogP contribution in [0.3, 0.4) is 0 Å². The lowest BCUT2D eigenvalue weighted by molar-refractivity contribution is -0.154. The van der Waals surface area contributed by atoms with Crippen molar-refractivity contribution in [1.82, 2.24) is 10.6 Å². The highest BCUT2D eigenvalue weighted by molar-refractivity contribution is 5.81. The lowest BCUT2D eigenvalue weighted by Gasteiger charge is -2.33. The Hall–Kier alpha value is -1.63. The third-order valence-corrected chi connectivity index (χ3v) is 4.36. The number of carboxylic acid groups (broad SMARTS) is 1. The van der Waals surface area contributed by atoms with Crippen LogP contribution in [-0.2, 0) is 19.1 Å². The summed E-state index contributed by atoms with van der Waals surface area (Å²) in [7, 11) is 0. The first-order valence-corrected chi connectivity index (χ1v) is 7.89. The van der Waals surface area contributed by atoms with Gasteiger partial charge in [-0.15, -0.1) is 0 Å². The van der Waals surface area contributed by atoms with E-state index in [1.807, 2.05) is 0 Å². The van der Waals surface area contributed by atoms with Crippen molar-refractivity contribution >= 4 is 17.8 Å². The Bertz CT molecular complexity index is 428. The number of ether oxygens (including phenoxy) is 1. The first-order chi connectivity index (χ1) is 10.5. The first-order valence-electron chi connectivity index (χ1n) is 7.89. The Morgan fingerprint density at radius 1 is 1.14 bits per heavy atom. The number of carboxylic acids is 1. The van der Waals surface area contributed by atoms with Crippen LogP contribution in [0.25, 0.3) is 0 Å². The number of aliphatic carboxylic acids is 1. The smallest absolute Gasteiger partial charge is 0.311 e. The monoisotopic (exact) mass is 312 g/mol. The van der Waals surface area contributed by atoms with Gasteiger partial charge in [0.05, 0.1) is 5.41 Å². The van der Waals surface area contributed by atoms with E-state index in [2.05, 4.69) is 10.6 Å². The van der Waals surface area contributed by atoms with E-state index in [-0.39, 0.29) is 30.7 Å². The molecule has 1 saturated heterocycles. The van der Waals surface area contributed by atoms with Crippen molar-refractivity contribution < 1.29 is 24.2 Å². The highest BCUT2D eigenvalue weighted by Crippen LogP contribution is 2.30. The molecule has 0 aromatic heterocycles. The normalized spacial score (nSPS) is 20.2. The molecule has 124 valence electrons. The topological polar surface area (TPSA) is 105 Å². The Morgan fingerprint density at radius 2 is 1.82 bits per heavy atom. The molecule has 1 aliphatic heterocycles. The second-order valence-corrected chi connectivity index (χ2v) is 6.14. The minimum atomic E-state index is -0.909. The Kier molecular flexibility index (Phi) is 5.76. The van der Waals surface area contributed by atoms with Gasteiger partial charge in [0.2, 0.25) is 11.8 Å². The Balaban J connectivity index is 1.63. The second kappa shape index (κ2) is 7.58. The van der Waals surface area contributed by atoms with Gasteiger partial charge in [-0.25, -0.2) is 0 Å². The SMILES string of the molecule is O=C(CCCNC(=O)C1CC1)NCC1(C(=O)O)CCOCC1. The zero-order valence-electron chi connectivity index (χ0n) is 12.7. The van der Waals surface area contributed by atoms with Gasteiger partial charge < -0.3 is 20.5 Å². The second-order valence-electron chi connectivity index (χ2n) is 6.14. The molecular formula is C15H24N2O5. The number of rotatable bonds is 8. The number of amides is 2. The molecule has 0 spiro atoms. The van der Waals surface area contributed by atoms with Gasteiger partial charge in [-0.05, 0) is 32.1 Å². The molecule has 2 fully saturated rings. The van der Waals surface area contributed by atoms with E-state index in [1.165, 1.54) is 0 Å². The third-order valence-electron chi connectivity index (χ3n) is 4.36. The van der Waals surface area contributed by atoms with E-state index in [9.17, 15) is 19.5 Å². The highest BCUT2D eigenvalue weighted by Gasteiger charge is 2.40. The van der Waals surface area contributed by atoms with Crippen molar-refractivity contribution in [3.8, 4) is 0 Å². The quantitative estimate of drug-likeness (QED) is 0.559. The van der Waals surface area contributed by atoms with Crippen molar-refractivity contribution in [3.63, 3.8) is 0 Å². The van der Waals surface area contributed by atoms with Gasteiger partial charge in [0.1, 0.15) is 0 Å². The van der Waals surface area contributed by atoms with Crippen molar-refractivity contribution in [1.29, 1.82) is 0 Å². The standard InChI is InChI=1S/C15H24N2O5/c18-12(2-1-7-16-13(19)11-3-4-11)17-10-15(14(20)21)5-8-22-9-6-15/h11H,1-10H2,(H,16,19)(H,17,18)(H,20,21). The van der Waals surface area contributed by atoms with Gasteiger partial charge in [0, 0.05) is 38.6 Å². The van der Waals surface area contributed by atoms with Crippen LogP contribution in [0.2, 0.25) is 0 Å². The molecule has 0 aromatic carbocycles. The van der Waals surface area contributed by atoms with E-state index >= 15 is 0 Å². The lowest BCUT2D eigenvalue weighted by atomic mass is 9.80. The summed E-state index contributed by atoms with van der Waals surface area (Å²) in [6.07, 6.45) is 3.62. The number of hydrogen-bond acceptors (Lipinski definition) is 4. The summed E-state index contributed by atoms with van der Waals surface area (Å²) in [5, 5.41) is 14.9. The highest BCUT2D eigenvalue weighted by atomic mass is 16.5. The van der Waals surface area contributed by atoms with Gasteiger partial charge in [-0.1, -0.05) is 0 Å². The van der Waals surface area contributed by atoms with Gasteiger partial charge in [-0.2, -0.15) is 0 Å². The van der Waals surface area contributed by atoms with Gasteiger partial charge in [-0.3, -0.25) is 14.4 Å². The van der Waals surface area contributed by atoms with E-state index in [4.69, 9.17) is 4.74 Å². The van der Waals surface area contributed by atoms with Gasteiger partial charge >= 0.3 is 5.97 Å². The van der Waals surface area contributed by atoms with Crippen molar-refractivity contribution in [3.05, 3.63) is 0 Å². The minimum absolute atomic E-state index is 0.0763. The van der Waals surface area contributed by atoms with Crippen molar-refractivity contribution in [2.24, 2.45) is 11.3 Å². The summed E-state index contributed by atoms with van der Waals surface area (Å²) in [5.41, 5.74) is -0.909. The lowest BCUT2D eigenvalue weighted by Crippen LogP contribution is -2.46. The molecule has 1 saturated carbocycles. The molecule has 2 amide bonds. The predicted octanol–water partition coefficient (Wildman–Crippen LogP) is 0.290. The van der Waals surface area contributed by atoms with Crippen molar-refractivity contribution in [2.75, 3.05) is 26.3 Å². The molecule has 22 heavy (non-hydrogen) atoms. The van der Waals surface area contributed by atoms with Crippen LogP contribution < -0.4 is 10.6 Å². The molecule has 0 atom stereocenters. The van der Waals surface area contributed by atoms with Crippen LogP contribution in [0.15, 0.2) is 0 Å². The molecule has 1 heterocycles. The predicted molar refractivity (Wildman–Crippen MR) is 78.1 cm³/mol. The fourth-order valence-corrected chi connectivity index (χ4v) is 2.53. The van der Waals surface area contributed by atoms with Crippen LogP contribution in [0.4, 0.5) is 0 Å². The van der Waals surface area contributed by atoms with Gasteiger partial charge in [0.25, 0.3) is 0 Å². The average Bonchev–Trinajstić information content (AvgIpc) is 3.35. The summed E-state index contributed by atoms with van der Waals surface area (Å²) >= 11 is 0. The molecule has 3 N–H and O–H groups in total. The third kappa shape index (κ3) is 4.69. The maximum Gasteiger partial charge on any atom is 0.311 e. The molecular weight excluding hydrogens is 288 g/mol. The van der Waals surface area contributed by atoms with Crippen molar-refractivity contribution in [2.45, 2.75) is 38.5 Å². The van der Waals surface area contributed by atoms with E-state index in [1.54, 1.807) is 0 Å². The van der Waals surface area contributed by atoms with Gasteiger partial charge in [0.15, 0.2) is 0 Å². The van der Waals surface area contributed by atoms with Crippen LogP contribution >= 0.6 is 0 Å². The summed E-state index contributed by atoms with van der Waals surface area (Å²) in [6.45, 7) is 1.45. The summed E-state index contributed by atoms with van der Waals surface area (Å²) in [5.74, 6) is -0.800. The Morgan fingerprint density at radius 3 is 2.41 bits per heavy atom. The Labute approximate surface area is 129 Å². The van der Waals surface area contributed by atoms with E-state index in [0.29, 0.717) is 39.0 Å².